The first kappa shape index (κ1) is 16.7. The lowest BCUT2D eigenvalue weighted by molar-refractivity contribution is -0.305. The van der Waals surface area contributed by atoms with Crippen molar-refractivity contribution in [2.24, 2.45) is 10.2 Å². The van der Waals surface area contributed by atoms with Crippen molar-refractivity contribution in [3.8, 4) is 0 Å². The number of carboxylic acids is 1. The second kappa shape index (κ2) is 7.54. The zero-order chi connectivity index (χ0) is 16.8. The van der Waals surface area contributed by atoms with Crippen LogP contribution in [-0.2, 0) is 14.4 Å². The van der Waals surface area contributed by atoms with E-state index in [1.807, 2.05) is 0 Å². The number of anilines is 1. The van der Waals surface area contributed by atoms with E-state index < -0.39 is 17.1 Å². The van der Waals surface area contributed by atoms with Crippen LogP contribution in [0.2, 0.25) is 0 Å². The average molecular weight is 333 g/mol. The Morgan fingerprint density at radius 1 is 1.39 bits per heavy atom. The molecule has 8 nitrogen and oxygen atoms in total. The Kier molecular flexibility index (Phi) is 5.47. The Hall–Kier alpha value is -2.68. The van der Waals surface area contributed by atoms with Crippen LogP contribution in [0.25, 0.3) is 0 Å². The van der Waals surface area contributed by atoms with Gasteiger partial charge in [-0.15, -0.1) is 5.10 Å². The molecule has 0 aromatic heterocycles. The van der Waals surface area contributed by atoms with Gasteiger partial charge in [-0.3, -0.25) is 9.59 Å². The van der Waals surface area contributed by atoms with Crippen molar-refractivity contribution < 1.29 is 19.5 Å². The quantitative estimate of drug-likeness (QED) is 0.566. The lowest BCUT2D eigenvalue weighted by Gasteiger charge is -2.04. The van der Waals surface area contributed by atoms with E-state index >= 15 is 0 Å². The van der Waals surface area contributed by atoms with Gasteiger partial charge in [-0.05, 0) is 17.7 Å². The van der Waals surface area contributed by atoms with E-state index in [4.69, 9.17) is 0 Å². The molecule has 2 N–H and O–H groups in total. The molecule has 0 unspecified atom stereocenters. The van der Waals surface area contributed by atoms with Crippen LogP contribution in [0.15, 0.2) is 34.5 Å². The molecule has 1 aliphatic rings. The number of nitrogens with one attached hydrogen (secondary N) is 2. The SMILES string of the molecule is CC(=O)Nc1ccc(/C=N\N=C2\NC(=O)[C@H](CC(=O)[O-])S2)cc1. The molecule has 1 aromatic carbocycles. The molecule has 1 aromatic rings. The fourth-order valence-electron chi connectivity index (χ4n) is 1.74. The number of aliphatic carboxylic acids is 1. The minimum atomic E-state index is -1.29. The maximum absolute atomic E-state index is 11.5. The Morgan fingerprint density at radius 2 is 2.09 bits per heavy atom. The Bertz CT molecular complexity index is 685. The Labute approximate surface area is 136 Å². The van der Waals surface area contributed by atoms with Crippen LogP contribution in [0, 0.1) is 0 Å². The number of nitrogens with zero attached hydrogens (tertiary/aromatic N) is 2. The smallest absolute Gasteiger partial charge is 0.239 e. The first-order chi connectivity index (χ1) is 10.9. The molecule has 120 valence electrons. The summed E-state index contributed by atoms with van der Waals surface area (Å²) >= 11 is 0.999. The summed E-state index contributed by atoms with van der Waals surface area (Å²) in [6.45, 7) is 1.42. The van der Waals surface area contributed by atoms with E-state index in [-0.39, 0.29) is 17.5 Å². The number of thioether (sulfide) groups is 1. The number of carboxylic acid groups (broad SMARTS) is 1. The van der Waals surface area contributed by atoms with Gasteiger partial charge in [0.05, 0.1) is 11.5 Å². The minimum Gasteiger partial charge on any atom is -0.550 e. The average Bonchev–Trinajstić information content (AvgIpc) is 2.80. The molecule has 1 saturated heterocycles. The van der Waals surface area contributed by atoms with Crippen molar-refractivity contribution >= 4 is 46.6 Å². The molecular formula is C14H13N4O4S-. The van der Waals surface area contributed by atoms with E-state index in [1.54, 1.807) is 24.3 Å². The highest BCUT2D eigenvalue weighted by atomic mass is 32.2. The fourth-order valence-corrected chi connectivity index (χ4v) is 2.65. The largest absolute Gasteiger partial charge is 0.550 e. The minimum absolute atomic E-state index is 0.155. The standard InChI is InChI=1S/C14H14N4O4S/c1-8(19)16-10-4-2-9(3-5-10)7-15-18-14-17-13(22)11(23-14)6-12(20)21/h2-5,7,11H,6H2,1H3,(H,16,19)(H,20,21)(H,17,18,22)/p-1/b15-7-/t11-/m0/s1. The highest BCUT2D eigenvalue weighted by molar-refractivity contribution is 8.15. The van der Waals surface area contributed by atoms with Gasteiger partial charge in [0, 0.05) is 25.0 Å². The molecule has 0 saturated carbocycles. The Balaban J connectivity index is 1.94. The van der Waals surface area contributed by atoms with Crippen molar-refractivity contribution in [1.82, 2.24) is 5.32 Å². The third kappa shape index (κ3) is 5.22. The summed E-state index contributed by atoms with van der Waals surface area (Å²) in [5, 5.41) is 22.8. The van der Waals surface area contributed by atoms with Crippen molar-refractivity contribution in [3.05, 3.63) is 29.8 Å². The molecule has 23 heavy (non-hydrogen) atoms. The highest BCUT2D eigenvalue weighted by Gasteiger charge is 2.30. The molecule has 2 rings (SSSR count). The van der Waals surface area contributed by atoms with Crippen molar-refractivity contribution in [2.75, 3.05) is 5.32 Å². The lowest BCUT2D eigenvalue weighted by atomic mass is 10.2. The lowest BCUT2D eigenvalue weighted by Crippen LogP contribution is -2.31. The topological polar surface area (TPSA) is 123 Å². The molecule has 1 heterocycles. The van der Waals surface area contributed by atoms with Crippen LogP contribution >= 0.6 is 11.8 Å². The normalized spacial score (nSPS) is 19.1. The van der Waals surface area contributed by atoms with Gasteiger partial charge in [-0.1, -0.05) is 23.9 Å². The van der Waals surface area contributed by atoms with Crippen LogP contribution in [0.4, 0.5) is 5.69 Å². The van der Waals surface area contributed by atoms with E-state index in [1.165, 1.54) is 13.1 Å². The summed E-state index contributed by atoms with van der Waals surface area (Å²) < 4.78 is 0. The van der Waals surface area contributed by atoms with Gasteiger partial charge >= 0.3 is 0 Å². The summed E-state index contributed by atoms with van der Waals surface area (Å²) in [5.74, 6) is -1.87. The second-order valence-electron chi connectivity index (χ2n) is 4.62. The first-order valence-corrected chi connectivity index (χ1v) is 7.48. The summed E-state index contributed by atoms with van der Waals surface area (Å²) in [4.78, 5) is 32.9. The molecule has 2 amide bonds. The summed E-state index contributed by atoms with van der Waals surface area (Å²) in [5.41, 5.74) is 1.42. The molecule has 0 radical (unpaired) electrons. The fraction of sp³-hybridized carbons (Fsp3) is 0.214. The zero-order valence-corrected chi connectivity index (χ0v) is 12.9. The molecule has 0 bridgehead atoms. The molecule has 0 aliphatic carbocycles. The van der Waals surface area contributed by atoms with Crippen LogP contribution in [0.5, 0.6) is 0 Å². The van der Waals surface area contributed by atoms with E-state index in [9.17, 15) is 19.5 Å². The van der Waals surface area contributed by atoms with Crippen molar-refractivity contribution in [2.45, 2.75) is 18.6 Å². The molecule has 1 atom stereocenters. The third-order valence-electron chi connectivity index (χ3n) is 2.71. The molecule has 1 aliphatic heterocycles. The monoisotopic (exact) mass is 333 g/mol. The maximum Gasteiger partial charge on any atom is 0.239 e. The number of benzene rings is 1. The molecule has 0 spiro atoms. The second-order valence-corrected chi connectivity index (χ2v) is 5.82. The summed E-state index contributed by atoms with van der Waals surface area (Å²) in [6.07, 6.45) is 1.10. The molecule has 9 heteroatoms. The van der Waals surface area contributed by atoms with Gasteiger partial charge in [0.1, 0.15) is 0 Å². The first-order valence-electron chi connectivity index (χ1n) is 6.60. The zero-order valence-electron chi connectivity index (χ0n) is 12.1. The number of carbonyl (C=O) groups is 3. The van der Waals surface area contributed by atoms with Gasteiger partial charge in [0.15, 0.2) is 5.17 Å². The molecule has 1 fully saturated rings. The van der Waals surface area contributed by atoms with Crippen molar-refractivity contribution in [1.29, 1.82) is 0 Å². The predicted molar refractivity (Wildman–Crippen MR) is 84.9 cm³/mol. The number of amidine groups is 1. The van der Waals surface area contributed by atoms with Crippen LogP contribution in [-0.4, -0.2) is 34.4 Å². The number of hydrogen-bond donors (Lipinski definition) is 2. The van der Waals surface area contributed by atoms with Gasteiger partial charge in [-0.25, -0.2) is 0 Å². The van der Waals surface area contributed by atoms with E-state index in [0.29, 0.717) is 5.69 Å². The maximum atomic E-state index is 11.5. The number of hydrogen-bond acceptors (Lipinski definition) is 7. The summed E-state index contributed by atoms with van der Waals surface area (Å²) in [6, 6.07) is 6.93. The number of rotatable bonds is 5. The van der Waals surface area contributed by atoms with Crippen LogP contribution in [0.3, 0.4) is 0 Å². The predicted octanol–water partition coefficient (Wildman–Crippen LogP) is -0.293. The van der Waals surface area contributed by atoms with E-state index in [2.05, 4.69) is 20.8 Å². The van der Waals surface area contributed by atoms with Gasteiger partial charge in [0.25, 0.3) is 0 Å². The Morgan fingerprint density at radius 3 is 2.70 bits per heavy atom. The van der Waals surface area contributed by atoms with Gasteiger partial charge in [-0.2, -0.15) is 5.10 Å². The summed E-state index contributed by atoms with van der Waals surface area (Å²) in [7, 11) is 0. The number of amides is 2. The van der Waals surface area contributed by atoms with Crippen LogP contribution in [0.1, 0.15) is 18.9 Å². The van der Waals surface area contributed by atoms with Crippen molar-refractivity contribution in [3.63, 3.8) is 0 Å². The van der Waals surface area contributed by atoms with Crippen LogP contribution < -0.4 is 15.7 Å². The highest BCUT2D eigenvalue weighted by Crippen LogP contribution is 2.21. The van der Waals surface area contributed by atoms with Gasteiger partial charge in [0.2, 0.25) is 11.8 Å². The van der Waals surface area contributed by atoms with Gasteiger partial charge < -0.3 is 20.5 Å². The molecular weight excluding hydrogens is 320 g/mol. The van der Waals surface area contributed by atoms with E-state index in [0.717, 1.165) is 17.3 Å². The number of carbonyl (C=O) groups excluding carboxylic acids is 3. The third-order valence-corrected chi connectivity index (χ3v) is 3.79.